The molecule has 0 saturated heterocycles. The summed E-state index contributed by atoms with van der Waals surface area (Å²) in [5.74, 6) is 0. The predicted octanol–water partition coefficient (Wildman–Crippen LogP) is 3.54. The van der Waals surface area contributed by atoms with Crippen molar-refractivity contribution >= 4 is 22.6 Å². The van der Waals surface area contributed by atoms with Crippen molar-refractivity contribution in [1.82, 2.24) is 0 Å². The molecule has 2 heteroatoms. The van der Waals surface area contributed by atoms with Crippen molar-refractivity contribution in [2.75, 3.05) is 0 Å². The third-order valence-corrected chi connectivity index (χ3v) is 1.88. The highest BCUT2D eigenvalue weighted by Gasteiger charge is 1.91. The lowest BCUT2D eigenvalue weighted by Gasteiger charge is -1.98. The molecule has 0 heterocycles. The van der Waals surface area contributed by atoms with Crippen LogP contribution < -0.4 is 0 Å². The summed E-state index contributed by atoms with van der Waals surface area (Å²) in [6.07, 6.45) is 0. The van der Waals surface area contributed by atoms with Gasteiger partial charge >= 0.3 is 0 Å². The zero-order valence-corrected chi connectivity index (χ0v) is 10.5. The zero-order valence-electron chi connectivity index (χ0n) is 9.73. The summed E-state index contributed by atoms with van der Waals surface area (Å²) in [5, 5.41) is 0.306. The van der Waals surface area contributed by atoms with Gasteiger partial charge in [-0.2, -0.15) is 0 Å². The Kier molecular flexibility index (Phi) is 8.47. The molecule has 0 bridgehead atoms. The molecule has 2 aromatic rings. The molecule has 0 fully saturated rings. The molecule has 0 aliphatic rings. The lowest BCUT2D eigenvalue weighted by Crippen LogP contribution is -1.73. The fourth-order valence-electron chi connectivity index (χ4n) is 1.26. The molecule has 2 rings (SSSR count). The van der Waals surface area contributed by atoms with E-state index in [4.69, 9.17) is 11.6 Å². The van der Waals surface area contributed by atoms with Crippen LogP contribution in [0.2, 0.25) is 0 Å². The predicted molar refractivity (Wildman–Crippen MR) is 84.2 cm³/mol. The SMILES string of the molecule is CC(C)Cl.[SiH4].c1ccc(-c2ccccc2)cc1. The molecule has 92 valence electrons. The Morgan fingerprint density at radius 2 is 0.941 bits per heavy atom. The first-order valence-electron chi connectivity index (χ1n) is 5.44. The Morgan fingerprint density at radius 3 is 1.18 bits per heavy atom. The van der Waals surface area contributed by atoms with E-state index in [1.54, 1.807) is 0 Å². The second-order valence-corrected chi connectivity index (χ2v) is 4.62. The van der Waals surface area contributed by atoms with Crippen molar-refractivity contribution < 1.29 is 0 Å². The summed E-state index contributed by atoms with van der Waals surface area (Å²) in [6.45, 7) is 3.86. The van der Waals surface area contributed by atoms with Gasteiger partial charge in [-0.15, -0.1) is 11.6 Å². The smallest absolute Gasteiger partial charge is 0.0279 e. The zero-order chi connectivity index (χ0) is 11.8. The molecular formula is C15H21ClSi. The molecule has 0 radical (unpaired) electrons. The fraction of sp³-hybridized carbons (Fsp3) is 0.200. The Hall–Kier alpha value is -1.05. The van der Waals surface area contributed by atoms with Crippen LogP contribution in [0.25, 0.3) is 11.1 Å². The van der Waals surface area contributed by atoms with Gasteiger partial charge in [0.15, 0.2) is 0 Å². The molecule has 0 aliphatic heterocycles. The van der Waals surface area contributed by atoms with Gasteiger partial charge in [0.05, 0.1) is 0 Å². The summed E-state index contributed by atoms with van der Waals surface area (Å²) >= 11 is 5.27. The van der Waals surface area contributed by atoms with Gasteiger partial charge in [0.2, 0.25) is 0 Å². The summed E-state index contributed by atoms with van der Waals surface area (Å²) in [5.41, 5.74) is 2.55. The molecular weight excluding hydrogens is 244 g/mol. The second-order valence-electron chi connectivity index (χ2n) is 3.75. The van der Waals surface area contributed by atoms with Gasteiger partial charge in [-0.3, -0.25) is 0 Å². The van der Waals surface area contributed by atoms with Gasteiger partial charge in [-0.1, -0.05) is 60.7 Å². The van der Waals surface area contributed by atoms with Crippen LogP contribution in [0.1, 0.15) is 13.8 Å². The molecule has 0 nitrogen and oxygen atoms in total. The first-order chi connectivity index (χ1) is 7.70. The molecule has 2 aromatic carbocycles. The summed E-state index contributed by atoms with van der Waals surface area (Å²) in [4.78, 5) is 0. The molecule has 0 atom stereocenters. The van der Waals surface area contributed by atoms with Gasteiger partial charge in [-0.25, -0.2) is 0 Å². The fourth-order valence-corrected chi connectivity index (χ4v) is 1.26. The average Bonchev–Trinajstić information content (AvgIpc) is 2.31. The van der Waals surface area contributed by atoms with Crippen LogP contribution in [0.4, 0.5) is 0 Å². The maximum absolute atomic E-state index is 5.27. The van der Waals surface area contributed by atoms with Crippen LogP contribution in [0.15, 0.2) is 60.7 Å². The largest absolute Gasteiger partial charge is 0.124 e. The maximum atomic E-state index is 5.27. The van der Waals surface area contributed by atoms with Gasteiger partial charge in [0.1, 0.15) is 0 Å². The number of rotatable bonds is 1. The van der Waals surface area contributed by atoms with Crippen molar-refractivity contribution in [2.24, 2.45) is 0 Å². The molecule has 0 amide bonds. The normalized spacial score (nSPS) is 8.94. The average molecular weight is 265 g/mol. The van der Waals surface area contributed by atoms with Gasteiger partial charge in [-0.05, 0) is 35.9 Å². The molecule has 17 heavy (non-hydrogen) atoms. The van der Waals surface area contributed by atoms with Gasteiger partial charge in [0, 0.05) is 5.38 Å². The minimum absolute atomic E-state index is 0. The van der Waals surface area contributed by atoms with E-state index in [2.05, 4.69) is 48.5 Å². The topological polar surface area (TPSA) is 0 Å². The Balaban J connectivity index is 0.000000453. The minimum Gasteiger partial charge on any atom is -0.124 e. The Labute approximate surface area is 114 Å². The molecule has 0 saturated carbocycles. The van der Waals surface area contributed by atoms with Crippen molar-refractivity contribution in [3.05, 3.63) is 60.7 Å². The molecule has 0 aromatic heterocycles. The van der Waals surface area contributed by atoms with E-state index >= 15 is 0 Å². The van der Waals surface area contributed by atoms with Gasteiger partial charge in [0.25, 0.3) is 0 Å². The lowest BCUT2D eigenvalue weighted by molar-refractivity contribution is 1.10. The van der Waals surface area contributed by atoms with Crippen molar-refractivity contribution in [3.63, 3.8) is 0 Å². The third kappa shape index (κ3) is 6.98. The van der Waals surface area contributed by atoms with E-state index in [0.29, 0.717) is 5.38 Å². The van der Waals surface area contributed by atoms with Gasteiger partial charge < -0.3 is 0 Å². The standard InChI is InChI=1S/C12H10.C3H7Cl.H4Si/c1-3-7-11(8-4-1)12-9-5-2-6-10-12;1-3(2)4;/h1-10H;3H,1-2H3;1H4. The first kappa shape index (κ1) is 15.9. The number of hydrogen-bond acceptors (Lipinski definition) is 0. The van der Waals surface area contributed by atoms with E-state index in [1.165, 1.54) is 11.1 Å². The Morgan fingerprint density at radius 1 is 0.706 bits per heavy atom. The van der Waals surface area contributed by atoms with Crippen LogP contribution in [0.3, 0.4) is 0 Å². The first-order valence-corrected chi connectivity index (χ1v) is 5.88. The molecule has 0 aliphatic carbocycles. The van der Waals surface area contributed by atoms with Crippen LogP contribution in [0, 0.1) is 0 Å². The van der Waals surface area contributed by atoms with Crippen LogP contribution in [0.5, 0.6) is 0 Å². The molecule has 0 unspecified atom stereocenters. The van der Waals surface area contributed by atoms with Crippen LogP contribution >= 0.6 is 11.6 Å². The van der Waals surface area contributed by atoms with E-state index in [0.717, 1.165) is 0 Å². The number of benzene rings is 2. The summed E-state index contributed by atoms with van der Waals surface area (Å²) in [7, 11) is 0. The highest BCUT2D eigenvalue weighted by Crippen LogP contribution is 2.17. The summed E-state index contributed by atoms with van der Waals surface area (Å²) < 4.78 is 0. The number of halogens is 1. The van der Waals surface area contributed by atoms with Crippen LogP contribution in [-0.4, -0.2) is 16.3 Å². The van der Waals surface area contributed by atoms with E-state index in [-0.39, 0.29) is 11.0 Å². The quantitative estimate of drug-likeness (QED) is 0.546. The van der Waals surface area contributed by atoms with Crippen molar-refractivity contribution in [3.8, 4) is 11.1 Å². The minimum atomic E-state index is 0. The summed E-state index contributed by atoms with van der Waals surface area (Å²) in [6, 6.07) is 20.8. The van der Waals surface area contributed by atoms with Crippen molar-refractivity contribution in [1.29, 1.82) is 0 Å². The van der Waals surface area contributed by atoms with Crippen molar-refractivity contribution in [2.45, 2.75) is 19.2 Å². The number of hydrogen-bond donors (Lipinski definition) is 0. The van der Waals surface area contributed by atoms with E-state index in [1.807, 2.05) is 26.0 Å². The highest BCUT2D eigenvalue weighted by molar-refractivity contribution is 6.20. The van der Waals surface area contributed by atoms with Crippen LogP contribution in [-0.2, 0) is 0 Å². The van der Waals surface area contributed by atoms with E-state index in [9.17, 15) is 0 Å². The molecule has 0 spiro atoms. The molecule has 0 N–H and O–H groups in total. The Bertz CT molecular complexity index is 344. The van der Waals surface area contributed by atoms with E-state index < -0.39 is 0 Å². The maximum Gasteiger partial charge on any atom is 0.0279 e. The lowest BCUT2D eigenvalue weighted by atomic mass is 10.1. The second kappa shape index (κ2) is 9.03. The highest BCUT2D eigenvalue weighted by atomic mass is 35.5. The third-order valence-electron chi connectivity index (χ3n) is 1.88. The number of alkyl halides is 1. The monoisotopic (exact) mass is 264 g/mol.